The predicted molar refractivity (Wildman–Crippen MR) is 113 cm³/mol. The molecule has 0 spiro atoms. The van der Waals surface area contributed by atoms with Crippen molar-refractivity contribution in [3.63, 3.8) is 0 Å². The first-order chi connectivity index (χ1) is 14.3. The van der Waals surface area contributed by atoms with Gasteiger partial charge < -0.3 is 21.1 Å². The average Bonchev–Trinajstić information content (AvgIpc) is 2.73. The highest BCUT2D eigenvalue weighted by molar-refractivity contribution is 5.94. The number of likely N-dealkylation sites (N-methyl/N-ethyl adjacent to an activating group) is 1. The van der Waals surface area contributed by atoms with Gasteiger partial charge in [-0.2, -0.15) is 0 Å². The number of carboxylic acid groups (broad SMARTS) is 1. The maximum atomic E-state index is 12.9. The van der Waals surface area contributed by atoms with Gasteiger partial charge in [-0.05, 0) is 24.3 Å². The van der Waals surface area contributed by atoms with Gasteiger partial charge in [-0.15, -0.1) is 0 Å². The summed E-state index contributed by atoms with van der Waals surface area (Å²) in [6.07, 6.45) is 4.92. The molecule has 2 amide bonds. The van der Waals surface area contributed by atoms with Gasteiger partial charge in [0, 0.05) is 19.2 Å². The van der Waals surface area contributed by atoms with Crippen molar-refractivity contribution in [3.8, 4) is 0 Å². The number of rotatable bonds is 10. The summed E-state index contributed by atoms with van der Waals surface area (Å²) in [6.45, 7) is -0.103. The minimum Gasteiger partial charge on any atom is -0.480 e. The number of carboxylic acids is 1. The van der Waals surface area contributed by atoms with Crippen LogP contribution < -0.4 is 16.4 Å². The van der Waals surface area contributed by atoms with Crippen molar-refractivity contribution < 1.29 is 19.5 Å². The smallest absolute Gasteiger partial charge is 0.317 e. The maximum Gasteiger partial charge on any atom is 0.317 e. The van der Waals surface area contributed by atoms with Gasteiger partial charge in [0.2, 0.25) is 11.8 Å². The Hall–Kier alpha value is -2.94. The molecular weight excluding hydrogens is 386 g/mol. The van der Waals surface area contributed by atoms with Crippen LogP contribution in [0.25, 0.3) is 0 Å². The predicted octanol–water partition coefficient (Wildman–Crippen LogP) is 0.668. The standard InChI is InChI=1S/C21H31N5O4/c1-26(13-17(27)24-11-14-7-9-16(10-8-14)20(22)23)21(30)19(25-12-18(28)29)15-5-3-2-4-6-15/h7-10,15,19,25H,2-6,11-13H2,1H3,(H3,22,23)(H,24,27)(H,28,29)/t19-/m1/s1. The molecule has 2 rings (SSSR count). The number of aliphatic carboxylic acids is 1. The molecule has 0 saturated heterocycles. The summed E-state index contributed by atoms with van der Waals surface area (Å²) >= 11 is 0. The van der Waals surface area contributed by atoms with E-state index in [0.717, 1.165) is 37.7 Å². The number of benzene rings is 1. The molecule has 9 heteroatoms. The van der Waals surface area contributed by atoms with E-state index in [1.165, 1.54) is 4.90 Å². The van der Waals surface area contributed by atoms with Crippen molar-refractivity contribution >= 4 is 23.6 Å². The Morgan fingerprint density at radius 2 is 1.83 bits per heavy atom. The van der Waals surface area contributed by atoms with Crippen LogP contribution in [-0.4, -0.2) is 59.8 Å². The van der Waals surface area contributed by atoms with Gasteiger partial charge in [0.25, 0.3) is 0 Å². The number of nitrogens with zero attached hydrogens (tertiary/aromatic N) is 1. The highest BCUT2D eigenvalue weighted by Gasteiger charge is 2.32. The third-order valence-corrected chi connectivity index (χ3v) is 5.37. The van der Waals surface area contributed by atoms with Crippen LogP contribution >= 0.6 is 0 Å². The first-order valence-electron chi connectivity index (χ1n) is 10.2. The second kappa shape index (κ2) is 11.3. The van der Waals surface area contributed by atoms with Gasteiger partial charge in [-0.25, -0.2) is 0 Å². The lowest BCUT2D eigenvalue weighted by Gasteiger charge is -2.32. The van der Waals surface area contributed by atoms with E-state index in [0.29, 0.717) is 12.1 Å². The quantitative estimate of drug-likeness (QED) is 0.279. The van der Waals surface area contributed by atoms with Crippen LogP contribution in [0.15, 0.2) is 24.3 Å². The lowest BCUT2D eigenvalue weighted by molar-refractivity contribution is -0.139. The molecule has 0 aromatic heterocycles. The van der Waals surface area contributed by atoms with E-state index in [9.17, 15) is 14.4 Å². The zero-order valence-electron chi connectivity index (χ0n) is 17.3. The minimum absolute atomic E-state index is 0.0187. The number of hydrogen-bond acceptors (Lipinski definition) is 5. The van der Waals surface area contributed by atoms with Gasteiger partial charge in [0.15, 0.2) is 0 Å². The maximum absolute atomic E-state index is 12.9. The number of nitrogens with two attached hydrogens (primary N) is 1. The molecule has 0 aliphatic heterocycles. The van der Waals surface area contributed by atoms with Crippen LogP contribution in [0.1, 0.15) is 43.2 Å². The van der Waals surface area contributed by atoms with E-state index in [-0.39, 0.29) is 36.7 Å². The van der Waals surface area contributed by atoms with Gasteiger partial charge in [-0.1, -0.05) is 43.5 Å². The Balaban J connectivity index is 1.89. The Kier molecular flexibility index (Phi) is 8.79. The monoisotopic (exact) mass is 417 g/mol. The molecular formula is C21H31N5O4. The van der Waals surface area contributed by atoms with Gasteiger partial charge in [0.1, 0.15) is 5.84 Å². The third-order valence-electron chi connectivity index (χ3n) is 5.37. The second-order valence-electron chi connectivity index (χ2n) is 7.73. The Labute approximate surface area is 176 Å². The number of hydrogen-bond donors (Lipinski definition) is 5. The number of amidine groups is 1. The van der Waals surface area contributed by atoms with Gasteiger partial charge >= 0.3 is 5.97 Å². The summed E-state index contributed by atoms with van der Waals surface area (Å²) in [4.78, 5) is 37.5. The van der Waals surface area contributed by atoms with Crippen molar-refractivity contribution in [2.45, 2.75) is 44.7 Å². The SMILES string of the molecule is CN(CC(=O)NCc1ccc(C(=N)N)cc1)C(=O)[C@H](NCC(=O)O)C1CCCCC1. The van der Waals surface area contributed by atoms with E-state index in [1.807, 2.05) is 0 Å². The van der Waals surface area contributed by atoms with Crippen LogP contribution in [0.4, 0.5) is 0 Å². The van der Waals surface area contributed by atoms with Gasteiger partial charge in [0.05, 0.1) is 19.1 Å². The number of nitrogen functional groups attached to an aromatic ring is 1. The largest absolute Gasteiger partial charge is 0.480 e. The molecule has 1 saturated carbocycles. The summed E-state index contributed by atoms with van der Waals surface area (Å²) in [6, 6.07) is 6.38. The summed E-state index contributed by atoms with van der Waals surface area (Å²) in [5.41, 5.74) is 6.89. The topological polar surface area (TPSA) is 149 Å². The van der Waals surface area contributed by atoms with Crippen molar-refractivity contribution in [1.29, 1.82) is 5.41 Å². The highest BCUT2D eigenvalue weighted by atomic mass is 16.4. The molecule has 0 heterocycles. The molecule has 0 radical (unpaired) electrons. The number of nitrogens with one attached hydrogen (secondary N) is 3. The van der Waals surface area contributed by atoms with E-state index in [2.05, 4.69) is 10.6 Å². The zero-order chi connectivity index (χ0) is 22.1. The molecule has 0 bridgehead atoms. The number of carbonyl (C=O) groups excluding carboxylic acids is 2. The fourth-order valence-corrected chi connectivity index (χ4v) is 3.71. The molecule has 1 aromatic carbocycles. The molecule has 1 fully saturated rings. The molecule has 6 N–H and O–H groups in total. The lowest BCUT2D eigenvalue weighted by Crippen LogP contribution is -2.52. The van der Waals surface area contributed by atoms with Crippen LogP contribution in [0.2, 0.25) is 0 Å². The Bertz CT molecular complexity index is 759. The molecule has 1 aliphatic rings. The average molecular weight is 418 g/mol. The molecule has 1 aromatic rings. The summed E-state index contributed by atoms with van der Waals surface area (Å²) < 4.78 is 0. The third kappa shape index (κ3) is 7.14. The molecule has 164 valence electrons. The number of amides is 2. The molecule has 9 nitrogen and oxygen atoms in total. The fraction of sp³-hybridized carbons (Fsp3) is 0.524. The van der Waals surface area contributed by atoms with E-state index >= 15 is 0 Å². The first-order valence-corrected chi connectivity index (χ1v) is 10.2. The summed E-state index contributed by atoms with van der Waals surface area (Å²) in [7, 11) is 1.56. The lowest BCUT2D eigenvalue weighted by atomic mass is 9.83. The molecule has 1 atom stereocenters. The van der Waals surface area contributed by atoms with Gasteiger partial charge in [-0.3, -0.25) is 25.1 Å². The minimum atomic E-state index is -1.01. The number of carbonyl (C=O) groups is 3. The zero-order valence-corrected chi connectivity index (χ0v) is 17.3. The van der Waals surface area contributed by atoms with E-state index in [1.54, 1.807) is 31.3 Å². The first kappa shape index (κ1) is 23.3. The molecule has 0 unspecified atom stereocenters. The highest BCUT2D eigenvalue weighted by Crippen LogP contribution is 2.27. The van der Waals surface area contributed by atoms with Crippen molar-refractivity contribution in [2.24, 2.45) is 11.7 Å². The van der Waals surface area contributed by atoms with Crippen molar-refractivity contribution in [2.75, 3.05) is 20.1 Å². The van der Waals surface area contributed by atoms with E-state index in [4.69, 9.17) is 16.2 Å². The van der Waals surface area contributed by atoms with Crippen LogP contribution in [-0.2, 0) is 20.9 Å². The summed E-state index contributed by atoms with van der Waals surface area (Å²) in [5, 5.41) is 22.0. The van der Waals surface area contributed by atoms with Crippen LogP contribution in [0.5, 0.6) is 0 Å². The Morgan fingerprint density at radius 1 is 1.20 bits per heavy atom. The molecule has 30 heavy (non-hydrogen) atoms. The Morgan fingerprint density at radius 3 is 2.40 bits per heavy atom. The summed E-state index contributed by atoms with van der Waals surface area (Å²) in [5.74, 6) is -1.52. The normalized spacial score (nSPS) is 15.2. The van der Waals surface area contributed by atoms with Crippen LogP contribution in [0, 0.1) is 11.3 Å². The second-order valence-corrected chi connectivity index (χ2v) is 7.73. The van der Waals surface area contributed by atoms with Crippen molar-refractivity contribution in [1.82, 2.24) is 15.5 Å². The van der Waals surface area contributed by atoms with Crippen LogP contribution in [0.3, 0.4) is 0 Å². The van der Waals surface area contributed by atoms with Crippen molar-refractivity contribution in [3.05, 3.63) is 35.4 Å². The fourth-order valence-electron chi connectivity index (χ4n) is 3.71. The molecule has 1 aliphatic carbocycles. The van der Waals surface area contributed by atoms with E-state index < -0.39 is 12.0 Å².